The molecule has 522 valence electrons. The lowest BCUT2D eigenvalue weighted by molar-refractivity contribution is 0.661. The van der Waals surface area contributed by atoms with Crippen molar-refractivity contribution in [1.29, 1.82) is 0 Å². The van der Waals surface area contributed by atoms with Crippen LogP contribution in [0.25, 0.3) is 230 Å². The van der Waals surface area contributed by atoms with Crippen molar-refractivity contribution < 1.29 is 8.83 Å². The monoisotopic (exact) mass is 1420 g/mol. The fourth-order valence-electron chi connectivity index (χ4n) is 20.3. The number of hydrogen-bond acceptors (Lipinski definition) is 2. The first-order chi connectivity index (χ1) is 55.0. The predicted octanol–water partition coefficient (Wildman–Crippen LogP) is 31.0. The molecule has 24 rings (SSSR count). The van der Waals surface area contributed by atoms with Crippen LogP contribution in [0.2, 0.25) is 0 Å². The zero-order valence-corrected chi connectivity index (χ0v) is 62.3. The second-order valence-corrected chi connectivity index (χ2v) is 32.4. The van der Waals surface area contributed by atoms with E-state index in [1.807, 2.05) is 0 Å². The Labute approximate surface area is 647 Å². The average Bonchev–Trinajstić information content (AvgIpc) is 0.874. The van der Waals surface area contributed by atoms with E-state index >= 15 is 0 Å². The van der Waals surface area contributed by atoms with Gasteiger partial charge in [-0.2, -0.15) is 0 Å². The summed E-state index contributed by atoms with van der Waals surface area (Å²) in [5.41, 5.74) is 30.5. The zero-order valence-electron chi connectivity index (χ0n) is 62.3. The second-order valence-electron chi connectivity index (χ2n) is 32.4. The first kappa shape index (κ1) is 63.1. The molecule has 22 aromatic rings. The number of furan rings is 2. The molecule has 0 atom stereocenters. The van der Waals surface area contributed by atoms with Gasteiger partial charge in [0.1, 0.15) is 22.3 Å². The smallest absolute Gasteiger partial charge is 0.143 e. The molecular weight excluding hydrogens is 1350 g/mol. The molecule has 0 unspecified atom stereocenters. The molecule has 20 aromatic carbocycles. The van der Waals surface area contributed by atoms with Crippen LogP contribution in [0.3, 0.4) is 0 Å². The van der Waals surface area contributed by atoms with E-state index in [4.69, 9.17) is 8.83 Å². The van der Waals surface area contributed by atoms with Gasteiger partial charge in [0, 0.05) is 37.8 Å². The van der Waals surface area contributed by atoms with Gasteiger partial charge in [0.2, 0.25) is 0 Å². The normalized spacial score (nSPS) is 13.5. The van der Waals surface area contributed by atoms with Gasteiger partial charge in [0.05, 0.1) is 0 Å². The Morgan fingerprint density at radius 3 is 1.15 bits per heavy atom. The van der Waals surface area contributed by atoms with Crippen LogP contribution in [0, 0.1) is 0 Å². The van der Waals surface area contributed by atoms with E-state index < -0.39 is 0 Å². The summed E-state index contributed by atoms with van der Waals surface area (Å²) in [6.07, 6.45) is 0. The summed E-state index contributed by atoms with van der Waals surface area (Å²) in [6, 6.07) is 132. The lowest BCUT2D eigenvalue weighted by Gasteiger charge is -2.22. The molecule has 0 saturated heterocycles. The molecular formula is C110H70O2. The Kier molecular flexibility index (Phi) is 13.1. The van der Waals surface area contributed by atoms with Crippen molar-refractivity contribution in [3.05, 3.63) is 374 Å². The van der Waals surface area contributed by atoms with Crippen LogP contribution in [0.15, 0.2) is 361 Å². The Balaban J connectivity index is 0.611. The van der Waals surface area contributed by atoms with E-state index in [0.717, 1.165) is 65.8 Å². The fraction of sp³-hybridized carbons (Fsp3) is 0.0545. The zero-order chi connectivity index (χ0) is 74.0. The van der Waals surface area contributed by atoms with Crippen LogP contribution in [0.5, 0.6) is 0 Å². The molecule has 2 nitrogen and oxygen atoms in total. The maximum Gasteiger partial charge on any atom is 0.143 e. The van der Waals surface area contributed by atoms with Crippen LogP contribution in [-0.4, -0.2) is 0 Å². The predicted molar refractivity (Wildman–Crippen MR) is 474 cm³/mol. The Morgan fingerprint density at radius 1 is 0.170 bits per heavy atom. The molecule has 2 aromatic heterocycles. The number of rotatable bonds is 7. The van der Waals surface area contributed by atoms with Crippen LogP contribution < -0.4 is 0 Å². The summed E-state index contributed by atoms with van der Waals surface area (Å²) in [7, 11) is 0. The molecule has 2 aliphatic rings. The molecule has 0 bridgehead atoms. The van der Waals surface area contributed by atoms with Crippen LogP contribution in [0.4, 0.5) is 0 Å². The first-order valence-corrected chi connectivity index (χ1v) is 39.2. The topological polar surface area (TPSA) is 26.3 Å². The minimum atomic E-state index is -0.217. The summed E-state index contributed by atoms with van der Waals surface area (Å²) < 4.78 is 13.8. The van der Waals surface area contributed by atoms with E-state index in [0.29, 0.717) is 0 Å². The van der Waals surface area contributed by atoms with E-state index in [1.54, 1.807) is 0 Å². The quantitative estimate of drug-likeness (QED) is 0.149. The Bertz CT molecular complexity index is 7880. The highest BCUT2D eigenvalue weighted by Crippen LogP contribution is 2.56. The molecule has 2 heteroatoms. The molecule has 0 fully saturated rings. The molecule has 0 N–H and O–H groups in total. The van der Waals surface area contributed by atoms with E-state index in [1.165, 1.54) is 187 Å². The SMILES string of the molecule is CC1(C)c2ccc(-c3cccc(-c4c5ccccc5c(-c5cccc6ccccc56)c5ccccc45)c3)cc2-c2cc3cc4oc5cc(-c6ccc7c(-c8cccc9ccccc89)c8ccccc8c(-c8cccc(-c9ccc%10c(c9)-c9cc%11c(ccc%12c%13ccccc%13oc%11%12)cc9C%10(C)C)c8)c7c6)ccc5c4cc3cc21. The number of fused-ring (bicyclic) bond motifs is 21. The third-order valence-corrected chi connectivity index (χ3v) is 25.8. The van der Waals surface area contributed by atoms with Crippen LogP contribution >= 0.6 is 0 Å². The highest BCUT2D eigenvalue weighted by atomic mass is 16.3. The van der Waals surface area contributed by atoms with Crippen molar-refractivity contribution in [3.8, 4) is 100 Å². The standard InChI is InChI=1S/C110H70O2/c1-109(2)98-50-45-69(54-92(98)94-62-90-71(58-99(94)109)43-48-89-78-31-15-16-40-101(78)112-108(89)90)66-26-18-28-73(52-66)105-84-34-11-14-37-87(84)107(81-39-20-24-64-22-6-8-30-77(64)81)88-47-42-67(55-96(88)105)70-41-46-79-95-57-74-59-100-93(56-75(74)61-103(95)111-102(79)60-70)91-53-68(44-49-97(91)110(100,3)4)65-25-17-27-72(51-65)104-82-32-9-12-35-85(82)106(86-36-13-10-33-83(86)104)80-38-19-23-63-21-5-7-29-76(63)80/h5-62H,1-4H3. The van der Waals surface area contributed by atoms with Crippen LogP contribution in [-0.2, 0) is 10.8 Å². The van der Waals surface area contributed by atoms with Gasteiger partial charge in [0.25, 0.3) is 0 Å². The van der Waals surface area contributed by atoms with Gasteiger partial charge >= 0.3 is 0 Å². The maximum atomic E-state index is 7.09. The fourth-order valence-corrected chi connectivity index (χ4v) is 20.3. The van der Waals surface area contributed by atoms with Gasteiger partial charge in [-0.15, -0.1) is 0 Å². The minimum Gasteiger partial charge on any atom is -0.456 e. The Morgan fingerprint density at radius 2 is 0.562 bits per heavy atom. The number of para-hydroxylation sites is 1. The summed E-state index contributed by atoms with van der Waals surface area (Å²) in [4.78, 5) is 0. The van der Waals surface area contributed by atoms with Gasteiger partial charge in [-0.05, 0) is 294 Å². The van der Waals surface area contributed by atoms with Gasteiger partial charge in [-0.3, -0.25) is 0 Å². The first-order valence-electron chi connectivity index (χ1n) is 39.2. The second kappa shape index (κ2) is 23.3. The molecule has 112 heavy (non-hydrogen) atoms. The minimum absolute atomic E-state index is 0.187. The van der Waals surface area contributed by atoms with Gasteiger partial charge in [0.15, 0.2) is 0 Å². The third-order valence-electron chi connectivity index (χ3n) is 25.8. The molecule has 0 spiro atoms. The molecule has 0 radical (unpaired) electrons. The van der Waals surface area contributed by atoms with Crippen molar-refractivity contribution in [3.63, 3.8) is 0 Å². The van der Waals surface area contributed by atoms with E-state index in [9.17, 15) is 0 Å². The van der Waals surface area contributed by atoms with Crippen molar-refractivity contribution in [2.24, 2.45) is 0 Å². The summed E-state index contributed by atoms with van der Waals surface area (Å²) in [6.45, 7) is 9.54. The molecule has 0 amide bonds. The average molecular weight is 1420 g/mol. The highest BCUT2D eigenvalue weighted by Gasteiger charge is 2.38. The lowest BCUT2D eigenvalue weighted by Crippen LogP contribution is -2.14. The molecule has 0 saturated carbocycles. The summed E-state index contributed by atoms with van der Waals surface area (Å²) >= 11 is 0. The summed E-state index contributed by atoms with van der Waals surface area (Å²) in [5, 5.41) is 24.1. The lowest BCUT2D eigenvalue weighted by atomic mass is 9.81. The van der Waals surface area contributed by atoms with Gasteiger partial charge in [-0.1, -0.05) is 289 Å². The van der Waals surface area contributed by atoms with Crippen LogP contribution in [0.1, 0.15) is 49.9 Å². The number of benzene rings is 20. The molecule has 0 aliphatic heterocycles. The largest absolute Gasteiger partial charge is 0.456 e. The molecule has 2 aliphatic carbocycles. The molecule has 2 heterocycles. The van der Waals surface area contributed by atoms with Crippen molar-refractivity contribution >= 4 is 130 Å². The van der Waals surface area contributed by atoms with Crippen molar-refractivity contribution in [2.45, 2.75) is 38.5 Å². The number of hydrogen-bond donors (Lipinski definition) is 0. The highest BCUT2D eigenvalue weighted by molar-refractivity contribution is 6.26. The van der Waals surface area contributed by atoms with E-state index in [-0.39, 0.29) is 10.8 Å². The van der Waals surface area contributed by atoms with Crippen molar-refractivity contribution in [2.75, 3.05) is 0 Å². The maximum absolute atomic E-state index is 7.09. The van der Waals surface area contributed by atoms with Gasteiger partial charge < -0.3 is 8.83 Å². The van der Waals surface area contributed by atoms with Crippen molar-refractivity contribution in [1.82, 2.24) is 0 Å². The Hall–Kier alpha value is -13.9. The van der Waals surface area contributed by atoms with Gasteiger partial charge in [-0.25, -0.2) is 0 Å². The summed E-state index contributed by atoms with van der Waals surface area (Å²) in [5.74, 6) is 0. The van der Waals surface area contributed by atoms with E-state index in [2.05, 4.69) is 380 Å². The third kappa shape index (κ3) is 9.09.